The molecule has 0 radical (unpaired) electrons. The molecule has 8 heteroatoms. The molecule has 0 aliphatic carbocycles. The first-order valence-corrected chi connectivity index (χ1v) is 11.2. The Morgan fingerprint density at radius 1 is 1.24 bits per heavy atom. The molecular weight excluding hydrogens is 410 g/mol. The van der Waals surface area contributed by atoms with Crippen LogP contribution >= 0.6 is 23.2 Å². The number of alkyl halides is 2. The minimum Gasteiger partial charge on any atom is -0.460 e. The second kappa shape index (κ2) is 13.1. The van der Waals surface area contributed by atoms with Crippen molar-refractivity contribution in [3.63, 3.8) is 0 Å². The summed E-state index contributed by atoms with van der Waals surface area (Å²) in [5, 5.41) is 3.16. The van der Waals surface area contributed by atoms with Crippen LogP contribution in [0.5, 0.6) is 0 Å². The third kappa shape index (κ3) is 9.88. The first-order chi connectivity index (χ1) is 13.7. The van der Waals surface area contributed by atoms with Crippen LogP contribution in [0, 0.1) is 0 Å². The number of halogens is 2. The van der Waals surface area contributed by atoms with Crippen LogP contribution in [0.25, 0.3) is 0 Å². The Morgan fingerprint density at radius 3 is 2.41 bits per heavy atom. The Bertz CT molecular complexity index is 647. The van der Waals surface area contributed by atoms with Crippen molar-refractivity contribution in [3.05, 3.63) is 29.3 Å². The highest BCUT2D eigenvalue weighted by molar-refractivity contribution is 6.64. The maximum absolute atomic E-state index is 12.3. The molecule has 1 aromatic rings. The number of ether oxygens (including phenoxy) is 1. The number of nitrogens with one attached hydrogen (secondary N) is 1. The fourth-order valence-corrected chi connectivity index (χ4v) is 3.61. The summed E-state index contributed by atoms with van der Waals surface area (Å²) in [6, 6.07) is 6.15. The van der Waals surface area contributed by atoms with Crippen molar-refractivity contribution in [3.8, 4) is 0 Å². The van der Waals surface area contributed by atoms with E-state index in [1.807, 2.05) is 20.8 Å². The predicted molar refractivity (Wildman–Crippen MR) is 124 cm³/mol. The van der Waals surface area contributed by atoms with Crippen LogP contribution in [-0.2, 0) is 27.2 Å². The van der Waals surface area contributed by atoms with E-state index in [-0.39, 0.29) is 25.8 Å². The molecule has 1 aromatic carbocycles. The van der Waals surface area contributed by atoms with Crippen molar-refractivity contribution in [2.75, 3.05) is 29.7 Å². The number of carbonyl (C=O) groups excluding carboxylic acids is 2. The van der Waals surface area contributed by atoms with Crippen LogP contribution in [0.4, 0.5) is 5.69 Å². The minimum absolute atomic E-state index is 0.190. The van der Waals surface area contributed by atoms with E-state index in [9.17, 15) is 9.59 Å². The lowest BCUT2D eigenvalue weighted by Crippen LogP contribution is -2.38. The first kappa shape index (κ1) is 25.8. The number of anilines is 1. The summed E-state index contributed by atoms with van der Waals surface area (Å²) in [4.78, 5) is 25.4. The maximum atomic E-state index is 12.3. The normalized spacial score (nSPS) is 12.3. The Hall–Kier alpha value is -1.24. The quantitative estimate of drug-likeness (QED) is 0.220. The molecule has 1 N–H and O–H groups in total. The molecule has 0 bridgehead atoms. The van der Waals surface area contributed by atoms with Crippen LogP contribution in [0.1, 0.15) is 45.2 Å². The van der Waals surface area contributed by atoms with E-state index in [2.05, 4.69) is 35.3 Å². The summed E-state index contributed by atoms with van der Waals surface area (Å²) in [7, 11) is 0.194. The number of nitrogens with zero attached hydrogens (tertiary/aromatic N) is 1. The molecule has 5 nitrogen and oxygen atoms in total. The third-order valence-corrected chi connectivity index (χ3v) is 4.77. The molecular formula is C21H33BCl2N2O3. The van der Waals surface area contributed by atoms with Crippen LogP contribution in [-0.4, -0.2) is 56.1 Å². The van der Waals surface area contributed by atoms with Gasteiger partial charge in [0.2, 0.25) is 0 Å². The Balaban J connectivity index is 3.06. The van der Waals surface area contributed by atoms with Gasteiger partial charge >= 0.3 is 5.97 Å². The molecule has 0 unspecified atom stereocenters. The van der Waals surface area contributed by atoms with Crippen molar-refractivity contribution in [2.24, 2.45) is 0 Å². The zero-order valence-electron chi connectivity index (χ0n) is 18.0. The lowest BCUT2D eigenvalue weighted by Gasteiger charge is -2.26. The number of carbonyl (C=O) groups is 2. The van der Waals surface area contributed by atoms with Crippen molar-refractivity contribution in [1.82, 2.24) is 5.23 Å². The van der Waals surface area contributed by atoms with E-state index in [0.717, 1.165) is 23.9 Å². The zero-order valence-corrected chi connectivity index (χ0v) is 19.5. The smallest absolute Gasteiger partial charge is 0.307 e. The average molecular weight is 443 g/mol. The molecule has 0 saturated heterocycles. The monoisotopic (exact) mass is 442 g/mol. The van der Waals surface area contributed by atoms with E-state index >= 15 is 0 Å². The van der Waals surface area contributed by atoms with Crippen molar-refractivity contribution in [1.29, 1.82) is 0 Å². The molecule has 0 saturated carbocycles. The standard InChI is InChI=1S/C21H33BCl2N2O3/c1-5-16-6-7-19(26(10-8-23)11-9-24)13-17(16)12-18(25-22-15-27)14-20(28)29-21(2,3)4/h6-7,13,15,18,22,25H,5,8-12,14H2,1-4H3/t18-/m0/s1. The molecule has 0 aliphatic heterocycles. The fourth-order valence-electron chi connectivity index (χ4n) is 3.20. The number of aryl methyl sites for hydroxylation is 1. The number of hydrogen-bond donors (Lipinski definition) is 1. The lowest BCUT2D eigenvalue weighted by molar-refractivity contribution is -0.155. The van der Waals surface area contributed by atoms with Gasteiger partial charge in [0.15, 0.2) is 0 Å². The highest BCUT2D eigenvalue weighted by atomic mass is 35.5. The Morgan fingerprint density at radius 2 is 1.90 bits per heavy atom. The van der Waals surface area contributed by atoms with Crippen molar-refractivity contribution < 1.29 is 14.3 Å². The third-order valence-electron chi connectivity index (χ3n) is 4.43. The Labute approximate surface area is 185 Å². The molecule has 0 aromatic heterocycles. The largest absolute Gasteiger partial charge is 0.460 e. The molecule has 0 heterocycles. The molecule has 29 heavy (non-hydrogen) atoms. The minimum atomic E-state index is -0.537. The van der Waals surface area contributed by atoms with Gasteiger partial charge in [-0.1, -0.05) is 13.0 Å². The van der Waals surface area contributed by atoms with Crippen molar-refractivity contribution in [2.45, 2.75) is 58.6 Å². The molecule has 0 spiro atoms. The molecule has 1 atom stereocenters. The van der Waals surface area contributed by atoms with Gasteiger partial charge in [-0.3, -0.25) is 4.79 Å². The molecule has 1 rings (SSSR count). The highest BCUT2D eigenvalue weighted by Gasteiger charge is 2.21. The Kier molecular flexibility index (Phi) is 11.7. The summed E-state index contributed by atoms with van der Waals surface area (Å²) >= 11 is 11.9. The average Bonchev–Trinajstić information content (AvgIpc) is 2.64. The van der Waals surface area contributed by atoms with Gasteiger partial charge in [-0.05, 0) is 56.9 Å². The van der Waals surface area contributed by atoms with Crippen molar-refractivity contribution >= 4 is 48.5 Å². The zero-order chi connectivity index (χ0) is 21.9. The second-order valence-corrected chi connectivity index (χ2v) is 8.69. The summed E-state index contributed by atoms with van der Waals surface area (Å²) in [6.45, 7) is 9.07. The maximum Gasteiger partial charge on any atom is 0.307 e. The molecule has 162 valence electrons. The van der Waals surface area contributed by atoms with Gasteiger partial charge in [-0.15, -0.1) is 23.2 Å². The van der Waals surface area contributed by atoms with Gasteiger partial charge in [0.25, 0.3) is 7.41 Å². The predicted octanol–water partition coefficient (Wildman–Crippen LogP) is 3.31. The van der Waals surface area contributed by atoms with E-state index in [1.54, 1.807) is 0 Å². The van der Waals surface area contributed by atoms with Crippen LogP contribution in [0.3, 0.4) is 0 Å². The first-order valence-electron chi connectivity index (χ1n) is 10.1. The SMILES string of the molecule is CCc1ccc(N(CCCl)CCCl)cc1C[C@@H](CC(=O)OC(C)(C)C)NBC=O. The molecule has 0 amide bonds. The van der Waals surface area contributed by atoms with E-state index in [4.69, 9.17) is 27.9 Å². The summed E-state index contributed by atoms with van der Waals surface area (Å²) in [6.07, 6.45) is 2.51. The molecule has 0 fully saturated rings. The van der Waals surface area contributed by atoms with E-state index in [1.165, 1.54) is 5.56 Å². The van der Waals surface area contributed by atoms with E-state index in [0.29, 0.717) is 31.3 Å². The van der Waals surface area contributed by atoms with Crippen LogP contribution in [0.2, 0.25) is 0 Å². The lowest BCUT2D eigenvalue weighted by atomic mass is 9.90. The van der Waals surface area contributed by atoms with Crippen LogP contribution < -0.4 is 10.1 Å². The van der Waals surface area contributed by atoms with Gasteiger partial charge in [0, 0.05) is 36.6 Å². The van der Waals surface area contributed by atoms with Gasteiger partial charge in [0.1, 0.15) is 5.60 Å². The fraction of sp³-hybridized carbons (Fsp3) is 0.619. The number of benzene rings is 1. The van der Waals surface area contributed by atoms with E-state index < -0.39 is 5.60 Å². The van der Waals surface area contributed by atoms with Gasteiger partial charge in [0.05, 0.1) is 12.6 Å². The van der Waals surface area contributed by atoms with Gasteiger partial charge in [-0.2, -0.15) is 0 Å². The summed E-state index contributed by atoms with van der Waals surface area (Å²) < 4.78 is 5.46. The van der Waals surface area contributed by atoms with Crippen LogP contribution in [0.15, 0.2) is 18.2 Å². The topological polar surface area (TPSA) is 58.6 Å². The highest BCUT2D eigenvalue weighted by Crippen LogP contribution is 2.23. The summed E-state index contributed by atoms with van der Waals surface area (Å²) in [5.41, 5.74) is 2.88. The number of hydrogen-bond acceptors (Lipinski definition) is 5. The van der Waals surface area contributed by atoms with Gasteiger partial charge in [-0.25, -0.2) is 0 Å². The molecule has 0 aliphatic rings. The van der Waals surface area contributed by atoms with Gasteiger partial charge < -0.3 is 19.7 Å². The number of rotatable bonds is 13. The summed E-state index contributed by atoms with van der Waals surface area (Å²) in [5.74, 6) is 0.759. The number of esters is 1. The second-order valence-electron chi connectivity index (χ2n) is 7.94.